The van der Waals surface area contributed by atoms with Crippen LogP contribution in [0, 0.1) is 18.7 Å². The molecule has 1 N–H and O–H groups in total. The summed E-state index contributed by atoms with van der Waals surface area (Å²) in [5.74, 6) is -1.72. The van der Waals surface area contributed by atoms with Gasteiger partial charge < -0.3 is 14.9 Å². The molecule has 1 amide bonds. The second-order valence-electron chi connectivity index (χ2n) is 7.58. The molecule has 3 rings (SSSR count). The molecule has 1 saturated carbocycles. The fraction of sp³-hybridized carbons (Fsp3) is 0.348. The van der Waals surface area contributed by atoms with Gasteiger partial charge in [-0.05, 0) is 74.6 Å². The van der Waals surface area contributed by atoms with Crippen molar-refractivity contribution < 1.29 is 40.4 Å². The first-order chi connectivity index (χ1) is 16.3. The minimum atomic E-state index is -4.85. The van der Waals surface area contributed by atoms with Crippen LogP contribution in [0.25, 0.3) is 0 Å². The zero-order valence-corrected chi connectivity index (χ0v) is 20.4. The molecule has 0 unspecified atom stereocenters. The van der Waals surface area contributed by atoms with E-state index in [1.165, 1.54) is 6.92 Å². The molecule has 35 heavy (non-hydrogen) atoms. The molecule has 0 heterocycles. The standard InChI is InChI=1S/C20H18ClF4NO3S.C2H4O.CH2O/c1-11-4-14(21)2-3-18(11)19(27)26-10-12-5-16(6-12)30(28,29)17-8-13(20(23,24)25)7-15(22)9-17;1-2-3;1-2/h2-4,7-9,12,16H,5-6,10H2,1H3,(H,26,27);2H,1H3;1H2. The molecular formula is C23H24ClF4NO5S. The third-order valence-electron chi connectivity index (χ3n) is 5.14. The van der Waals surface area contributed by atoms with E-state index in [1.54, 1.807) is 25.1 Å². The second kappa shape index (κ2) is 12.8. The minimum absolute atomic E-state index is 0.142. The number of alkyl halides is 3. The summed E-state index contributed by atoms with van der Waals surface area (Å²) in [6, 6.07) is 6.14. The summed E-state index contributed by atoms with van der Waals surface area (Å²) < 4.78 is 77.3. The van der Waals surface area contributed by atoms with E-state index in [-0.39, 0.29) is 37.3 Å². The molecule has 2 aromatic carbocycles. The molecule has 1 aliphatic carbocycles. The zero-order valence-electron chi connectivity index (χ0n) is 18.9. The van der Waals surface area contributed by atoms with Crippen molar-refractivity contribution in [3.05, 3.63) is 63.9 Å². The third-order valence-corrected chi connectivity index (χ3v) is 7.53. The molecule has 0 aromatic heterocycles. The van der Waals surface area contributed by atoms with Crippen molar-refractivity contribution in [2.75, 3.05) is 6.54 Å². The SMILES string of the molecule is C=O.CC=O.Cc1cc(Cl)ccc1C(=O)NCC1CC(S(=O)(=O)c2cc(F)cc(C(F)(F)F)c2)C1. The van der Waals surface area contributed by atoms with E-state index in [2.05, 4.69) is 5.32 Å². The van der Waals surface area contributed by atoms with Crippen molar-refractivity contribution in [3.8, 4) is 0 Å². The Morgan fingerprint density at radius 1 is 1.17 bits per heavy atom. The first-order valence-electron chi connectivity index (χ1n) is 10.1. The molecule has 0 aliphatic heterocycles. The van der Waals surface area contributed by atoms with Crippen molar-refractivity contribution in [1.29, 1.82) is 0 Å². The molecule has 0 spiro atoms. The van der Waals surface area contributed by atoms with Gasteiger partial charge in [-0.1, -0.05) is 11.6 Å². The third kappa shape index (κ3) is 8.14. The quantitative estimate of drug-likeness (QED) is 0.436. The van der Waals surface area contributed by atoms with E-state index in [1.807, 2.05) is 6.79 Å². The van der Waals surface area contributed by atoms with Crippen LogP contribution in [-0.4, -0.2) is 39.2 Å². The first kappa shape index (κ1) is 30.2. The van der Waals surface area contributed by atoms with Crippen molar-refractivity contribution in [2.24, 2.45) is 5.92 Å². The summed E-state index contributed by atoms with van der Waals surface area (Å²) >= 11 is 5.86. The average molecular weight is 538 g/mol. The van der Waals surface area contributed by atoms with Crippen LogP contribution in [-0.2, 0) is 25.6 Å². The van der Waals surface area contributed by atoms with E-state index in [4.69, 9.17) is 21.2 Å². The molecule has 6 nitrogen and oxygen atoms in total. The van der Waals surface area contributed by atoms with Gasteiger partial charge >= 0.3 is 6.18 Å². The largest absolute Gasteiger partial charge is 0.416 e. The van der Waals surface area contributed by atoms with Crippen molar-refractivity contribution in [1.82, 2.24) is 5.32 Å². The highest BCUT2D eigenvalue weighted by molar-refractivity contribution is 7.92. The summed E-state index contributed by atoms with van der Waals surface area (Å²) in [5, 5.41) is 2.31. The van der Waals surface area contributed by atoms with E-state index in [0.29, 0.717) is 28.3 Å². The van der Waals surface area contributed by atoms with Gasteiger partial charge in [-0.25, -0.2) is 12.8 Å². The van der Waals surface area contributed by atoms with Gasteiger partial charge in [0.2, 0.25) is 0 Å². The lowest BCUT2D eigenvalue weighted by molar-refractivity contribution is -0.138. The Kier molecular flexibility index (Phi) is 11.0. The predicted octanol–water partition coefficient (Wildman–Crippen LogP) is 4.81. The highest BCUT2D eigenvalue weighted by Gasteiger charge is 2.41. The van der Waals surface area contributed by atoms with E-state index in [9.17, 15) is 30.8 Å². The first-order valence-corrected chi connectivity index (χ1v) is 12.1. The fourth-order valence-corrected chi connectivity index (χ4v) is 5.62. The van der Waals surface area contributed by atoms with Gasteiger partial charge in [0, 0.05) is 17.1 Å². The normalized spacial score (nSPS) is 17.0. The molecule has 192 valence electrons. The van der Waals surface area contributed by atoms with Gasteiger partial charge in [0.05, 0.1) is 15.7 Å². The summed E-state index contributed by atoms with van der Waals surface area (Å²) in [7, 11) is -4.11. The Balaban J connectivity index is 0.00000114. The number of halogens is 5. The van der Waals surface area contributed by atoms with E-state index in [0.717, 1.165) is 6.29 Å². The Bertz CT molecular complexity index is 1150. The number of hydrogen-bond acceptors (Lipinski definition) is 5. The Morgan fingerprint density at radius 3 is 2.26 bits per heavy atom. The van der Waals surface area contributed by atoms with Gasteiger partial charge in [-0.15, -0.1) is 0 Å². The molecule has 0 atom stereocenters. The van der Waals surface area contributed by atoms with Crippen molar-refractivity contribution in [3.63, 3.8) is 0 Å². The molecule has 0 saturated heterocycles. The van der Waals surface area contributed by atoms with E-state index >= 15 is 0 Å². The number of carbonyl (C=O) groups is 3. The number of aryl methyl sites for hydroxylation is 1. The van der Waals surface area contributed by atoms with E-state index < -0.39 is 37.5 Å². The molecule has 1 aliphatic rings. The maximum Gasteiger partial charge on any atom is 0.416 e. The lowest BCUT2D eigenvalue weighted by Gasteiger charge is -2.35. The number of nitrogens with one attached hydrogen (secondary N) is 1. The second-order valence-corrected chi connectivity index (χ2v) is 10.2. The average Bonchev–Trinajstić information content (AvgIpc) is 2.73. The predicted molar refractivity (Wildman–Crippen MR) is 122 cm³/mol. The smallest absolute Gasteiger partial charge is 0.352 e. The summed E-state index contributed by atoms with van der Waals surface area (Å²) in [5.41, 5.74) is -0.203. The summed E-state index contributed by atoms with van der Waals surface area (Å²) in [6.07, 6.45) is -3.77. The number of sulfone groups is 1. The van der Waals surface area contributed by atoms with Crippen LogP contribution in [0.1, 0.15) is 41.3 Å². The van der Waals surface area contributed by atoms with Gasteiger partial charge in [-0.2, -0.15) is 13.2 Å². The monoisotopic (exact) mass is 537 g/mol. The number of rotatable bonds is 5. The minimum Gasteiger partial charge on any atom is -0.352 e. The molecule has 0 radical (unpaired) electrons. The molecule has 0 bridgehead atoms. The Morgan fingerprint density at radius 2 is 1.74 bits per heavy atom. The lowest BCUT2D eigenvalue weighted by Crippen LogP contribution is -2.42. The van der Waals surface area contributed by atoms with Crippen LogP contribution >= 0.6 is 11.6 Å². The Labute approximate surface area is 205 Å². The highest BCUT2D eigenvalue weighted by atomic mass is 35.5. The van der Waals surface area contributed by atoms with Crippen molar-refractivity contribution in [2.45, 2.75) is 43.0 Å². The van der Waals surface area contributed by atoms with Crippen LogP contribution in [0.4, 0.5) is 17.6 Å². The van der Waals surface area contributed by atoms with Crippen LogP contribution in [0.15, 0.2) is 41.3 Å². The lowest BCUT2D eigenvalue weighted by atomic mass is 9.84. The number of carbonyl (C=O) groups excluding carboxylic acids is 3. The topological polar surface area (TPSA) is 97.4 Å². The number of amides is 1. The van der Waals surface area contributed by atoms with Crippen molar-refractivity contribution >= 4 is 40.4 Å². The van der Waals surface area contributed by atoms with Crippen LogP contribution in [0.3, 0.4) is 0 Å². The summed E-state index contributed by atoms with van der Waals surface area (Å²) in [6.45, 7) is 5.41. The zero-order chi connectivity index (χ0) is 27.0. The maximum absolute atomic E-state index is 13.6. The molecule has 2 aromatic rings. The van der Waals surface area contributed by atoms with Crippen LogP contribution in [0.5, 0.6) is 0 Å². The Hall–Kier alpha value is -2.79. The fourth-order valence-electron chi connectivity index (χ4n) is 3.39. The molecule has 1 fully saturated rings. The molecule has 12 heteroatoms. The number of aldehydes is 1. The van der Waals surface area contributed by atoms with Gasteiger partial charge in [0.1, 0.15) is 18.9 Å². The van der Waals surface area contributed by atoms with Gasteiger partial charge in [0.25, 0.3) is 5.91 Å². The molecular weight excluding hydrogens is 514 g/mol. The highest BCUT2D eigenvalue weighted by Crippen LogP contribution is 2.38. The van der Waals surface area contributed by atoms with Gasteiger partial charge in [-0.3, -0.25) is 4.79 Å². The number of hydrogen-bond donors (Lipinski definition) is 1. The van der Waals surface area contributed by atoms with Crippen LogP contribution in [0.2, 0.25) is 5.02 Å². The summed E-state index contributed by atoms with van der Waals surface area (Å²) in [4.78, 5) is 28.4. The van der Waals surface area contributed by atoms with Gasteiger partial charge in [0.15, 0.2) is 9.84 Å². The maximum atomic E-state index is 13.6. The van der Waals surface area contributed by atoms with Crippen LogP contribution < -0.4 is 5.32 Å². The number of benzene rings is 2.